The molecular weight excluding hydrogens is 298 g/mol. The van der Waals surface area contributed by atoms with Gasteiger partial charge in [0.15, 0.2) is 0 Å². The molecule has 2 aliphatic heterocycles. The van der Waals surface area contributed by atoms with Gasteiger partial charge in [-0.05, 0) is 23.6 Å². The predicted molar refractivity (Wildman–Crippen MR) is 86.6 cm³/mol. The minimum Gasteiger partial charge on any atom is -0.392 e. The highest BCUT2D eigenvalue weighted by atomic mass is 16.6. The number of hydrogen-bond acceptors (Lipinski definition) is 6. The normalized spacial score (nSPS) is 25.7. The van der Waals surface area contributed by atoms with Gasteiger partial charge in [-0.15, -0.1) is 0 Å². The summed E-state index contributed by atoms with van der Waals surface area (Å²) >= 11 is 0. The molecule has 2 atom stereocenters. The molecule has 7 nitrogen and oxygen atoms in total. The zero-order valence-corrected chi connectivity index (χ0v) is 13.4. The Labute approximate surface area is 135 Å². The van der Waals surface area contributed by atoms with E-state index in [0.29, 0.717) is 23.2 Å². The topological polar surface area (TPSA) is 79.1 Å². The average Bonchev–Trinajstić information content (AvgIpc) is 2.96. The van der Waals surface area contributed by atoms with Crippen molar-refractivity contribution in [1.82, 2.24) is 4.90 Å². The van der Waals surface area contributed by atoms with Crippen molar-refractivity contribution in [3.05, 3.63) is 33.9 Å². The van der Waals surface area contributed by atoms with Gasteiger partial charge in [-0.2, -0.15) is 0 Å². The number of aliphatic hydroxyl groups excluding tert-OH is 1. The van der Waals surface area contributed by atoms with Crippen LogP contribution in [0.5, 0.6) is 0 Å². The van der Waals surface area contributed by atoms with Crippen LogP contribution in [0, 0.1) is 16.0 Å². The molecule has 1 aromatic carbocycles. The minimum absolute atomic E-state index is 0.108. The first-order chi connectivity index (χ1) is 11.1. The van der Waals surface area contributed by atoms with Crippen molar-refractivity contribution < 1.29 is 14.8 Å². The Hall–Kier alpha value is -1.70. The van der Waals surface area contributed by atoms with Crippen LogP contribution in [0.3, 0.4) is 0 Å². The number of anilines is 1. The van der Waals surface area contributed by atoms with Gasteiger partial charge in [0.05, 0.1) is 24.7 Å². The van der Waals surface area contributed by atoms with Crippen molar-refractivity contribution in [3.63, 3.8) is 0 Å². The largest absolute Gasteiger partial charge is 0.392 e. The van der Waals surface area contributed by atoms with Gasteiger partial charge >= 0.3 is 0 Å². The molecule has 2 heterocycles. The maximum atomic E-state index is 11.3. The van der Waals surface area contributed by atoms with Gasteiger partial charge in [0.25, 0.3) is 5.69 Å². The maximum Gasteiger partial charge on any atom is 0.292 e. The Morgan fingerprint density at radius 2 is 2.09 bits per heavy atom. The molecule has 7 heteroatoms. The first-order valence-electron chi connectivity index (χ1n) is 8.05. The molecule has 0 amide bonds. The Kier molecular flexibility index (Phi) is 4.79. The number of nitro benzene ring substituents is 1. The monoisotopic (exact) mass is 321 g/mol. The van der Waals surface area contributed by atoms with E-state index in [2.05, 4.69) is 16.7 Å². The third-order valence-electron chi connectivity index (χ3n) is 4.85. The molecule has 126 valence electrons. The molecule has 1 N–H and O–H groups in total. The number of hydrogen-bond donors (Lipinski definition) is 1. The van der Waals surface area contributed by atoms with Crippen LogP contribution >= 0.6 is 0 Å². The first-order valence-corrected chi connectivity index (χ1v) is 8.05. The van der Waals surface area contributed by atoms with E-state index in [1.165, 1.54) is 6.07 Å². The molecule has 1 aromatic rings. The van der Waals surface area contributed by atoms with Gasteiger partial charge < -0.3 is 14.7 Å². The van der Waals surface area contributed by atoms with E-state index < -0.39 is 0 Å². The second-order valence-corrected chi connectivity index (χ2v) is 6.34. The zero-order valence-electron chi connectivity index (χ0n) is 13.4. The van der Waals surface area contributed by atoms with E-state index in [0.717, 1.165) is 39.4 Å². The molecule has 2 aliphatic rings. The molecular formula is C16H23N3O4. The predicted octanol–water partition coefficient (Wildman–Crippen LogP) is 1.24. The van der Waals surface area contributed by atoms with Gasteiger partial charge in [-0.1, -0.05) is 6.92 Å². The fourth-order valence-electron chi connectivity index (χ4n) is 3.61. The highest BCUT2D eigenvalue weighted by molar-refractivity contribution is 5.65. The minimum atomic E-state index is -0.344. The van der Waals surface area contributed by atoms with Crippen molar-refractivity contribution in [2.45, 2.75) is 19.6 Å². The first kappa shape index (κ1) is 16.2. The Morgan fingerprint density at radius 3 is 2.74 bits per heavy atom. The van der Waals surface area contributed by atoms with Crippen molar-refractivity contribution in [1.29, 1.82) is 0 Å². The van der Waals surface area contributed by atoms with Crippen LogP contribution in [-0.2, 0) is 11.3 Å². The smallest absolute Gasteiger partial charge is 0.292 e. The highest BCUT2D eigenvalue weighted by Crippen LogP contribution is 2.34. The number of ether oxygens (including phenoxy) is 1. The molecule has 0 aliphatic carbocycles. The molecule has 0 spiro atoms. The Bertz CT molecular complexity index is 574. The number of aliphatic hydroxyl groups is 1. The second kappa shape index (κ2) is 6.82. The quantitative estimate of drug-likeness (QED) is 0.664. The molecule has 23 heavy (non-hydrogen) atoms. The van der Waals surface area contributed by atoms with Crippen molar-refractivity contribution in [3.8, 4) is 0 Å². The van der Waals surface area contributed by atoms with E-state index in [1.807, 2.05) is 0 Å². The lowest BCUT2D eigenvalue weighted by atomic mass is 10.0. The van der Waals surface area contributed by atoms with Crippen LogP contribution in [0.25, 0.3) is 0 Å². The Morgan fingerprint density at radius 1 is 1.35 bits per heavy atom. The number of nitro groups is 1. The summed E-state index contributed by atoms with van der Waals surface area (Å²) in [6.45, 7) is 6.99. The average molecular weight is 321 g/mol. The molecule has 0 aromatic heterocycles. The zero-order chi connectivity index (χ0) is 16.4. The molecule has 0 saturated carbocycles. The standard InChI is InChI=1S/C16H23N3O4/c1-12-9-18(10-16(12)17-4-6-23-7-5-17)15-8-13(11-20)2-3-14(15)19(21)22/h2-3,8,12,16,20H,4-7,9-11H2,1H3. The fourth-order valence-corrected chi connectivity index (χ4v) is 3.61. The summed E-state index contributed by atoms with van der Waals surface area (Å²) in [6.07, 6.45) is 0. The maximum absolute atomic E-state index is 11.3. The van der Waals surface area contributed by atoms with Gasteiger partial charge in [-0.25, -0.2) is 0 Å². The highest BCUT2D eigenvalue weighted by Gasteiger charge is 2.36. The number of benzene rings is 1. The Balaban J connectivity index is 1.83. The molecule has 3 rings (SSSR count). The van der Waals surface area contributed by atoms with Crippen molar-refractivity contribution in [2.75, 3.05) is 44.3 Å². The summed E-state index contributed by atoms with van der Waals surface area (Å²) in [5.41, 5.74) is 1.43. The van der Waals surface area contributed by atoms with Gasteiger partial charge in [0.2, 0.25) is 0 Å². The van der Waals surface area contributed by atoms with E-state index in [9.17, 15) is 15.2 Å². The van der Waals surface area contributed by atoms with Gasteiger partial charge in [-0.3, -0.25) is 15.0 Å². The van der Waals surface area contributed by atoms with Crippen LogP contribution in [0.1, 0.15) is 12.5 Å². The summed E-state index contributed by atoms with van der Waals surface area (Å²) in [6, 6.07) is 5.23. The molecule has 2 saturated heterocycles. The van der Waals surface area contributed by atoms with Crippen LogP contribution in [-0.4, -0.2) is 60.4 Å². The lowest BCUT2D eigenvalue weighted by molar-refractivity contribution is -0.384. The van der Waals surface area contributed by atoms with Crippen LogP contribution in [0.15, 0.2) is 18.2 Å². The fraction of sp³-hybridized carbons (Fsp3) is 0.625. The van der Waals surface area contributed by atoms with Crippen LogP contribution in [0.4, 0.5) is 11.4 Å². The third-order valence-corrected chi connectivity index (χ3v) is 4.85. The number of morpholine rings is 1. The molecule has 2 unspecified atom stereocenters. The van der Waals surface area contributed by atoms with Crippen LogP contribution in [0.2, 0.25) is 0 Å². The number of nitrogens with zero attached hydrogens (tertiary/aromatic N) is 3. The number of rotatable bonds is 4. The lowest BCUT2D eigenvalue weighted by Crippen LogP contribution is -2.46. The summed E-state index contributed by atoms with van der Waals surface area (Å²) in [4.78, 5) is 15.5. The SMILES string of the molecule is CC1CN(c2cc(CO)ccc2[N+](=O)[O-])CC1N1CCOCC1. The molecule has 0 radical (unpaired) electrons. The van der Waals surface area contributed by atoms with Gasteiger partial charge in [0, 0.05) is 38.3 Å². The van der Waals surface area contributed by atoms with Crippen molar-refractivity contribution >= 4 is 11.4 Å². The summed E-state index contributed by atoms with van der Waals surface area (Å²) in [7, 11) is 0. The second-order valence-electron chi connectivity index (χ2n) is 6.34. The molecule has 2 fully saturated rings. The van der Waals surface area contributed by atoms with Crippen LogP contribution < -0.4 is 4.90 Å². The lowest BCUT2D eigenvalue weighted by Gasteiger charge is -2.34. The van der Waals surface area contributed by atoms with Crippen molar-refractivity contribution in [2.24, 2.45) is 5.92 Å². The van der Waals surface area contributed by atoms with E-state index in [4.69, 9.17) is 4.74 Å². The molecule has 0 bridgehead atoms. The summed E-state index contributed by atoms with van der Waals surface area (Å²) < 4.78 is 5.41. The summed E-state index contributed by atoms with van der Waals surface area (Å²) in [5, 5.41) is 20.7. The summed E-state index contributed by atoms with van der Waals surface area (Å²) in [5.74, 6) is 0.436. The van der Waals surface area contributed by atoms with Gasteiger partial charge in [0.1, 0.15) is 5.69 Å². The third kappa shape index (κ3) is 3.31. The van der Waals surface area contributed by atoms with E-state index in [-0.39, 0.29) is 17.2 Å². The van der Waals surface area contributed by atoms with E-state index in [1.54, 1.807) is 12.1 Å². The van der Waals surface area contributed by atoms with E-state index >= 15 is 0 Å².